The molecule has 1 heterocycles. The SMILES string of the molecule is COc1cc(Cl)c(C)cc1NC(=O)c1ccc(NCCCN(C)C)nn1. The van der Waals surface area contributed by atoms with E-state index in [0.717, 1.165) is 25.1 Å². The average Bonchev–Trinajstić information content (AvgIpc) is 2.62. The number of rotatable bonds is 8. The molecule has 26 heavy (non-hydrogen) atoms. The summed E-state index contributed by atoms with van der Waals surface area (Å²) in [5, 5.41) is 14.6. The Morgan fingerprint density at radius 3 is 2.65 bits per heavy atom. The molecule has 7 nitrogen and oxygen atoms in total. The van der Waals surface area contributed by atoms with Crippen LogP contribution in [0.5, 0.6) is 5.75 Å². The van der Waals surface area contributed by atoms with Crippen LogP contribution in [0.2, 0.25) is 5.02 Å². The van der Waals surface area contributed by atoms with Gasteiger partial charge in [0.1, 0.15) is 11.6 Å². The van der Waals surface area contributed by atoms with Crippen molar-refractivity contribution in [3.63, 3.8) is 0 Å². The molecule has 0 fully saturated rings. The molecule has 2 rings (SSSR count). The predicted octanol–water partition coefficient (Wildman–Crippen LogP) is 3.06. The molecule has 0 bridgehead atoms. The number of benzene rings is 1. The highest BCUT2D eigenvalue weighted by Crippen LogP contribution is 2.31. The lowest BCUT2D eigenvalue weighted by molar-refractivity contribution is 0.102. The largest absolute Gasteiger partial charge is 0.495 e. The molecule has 0 spiro atoms. The first-order valence-corrected chi connectivity index (χ1v) is 8.66. The van der Waals surface area contributed by atoms with Crippen molar-refractivity contribution in [2.24, 2.45) is 0 Å². The van der Waals surface area contributed by atoms with E-state index in [1.165, 1.54) is 7.11 Å². The summed E-state index contributed by atoms with van der Waals surface area (Å²) in [6.45, 7) is 3.64. The third-order valence-corrected chi connectivity index (χ3v) is 4.12. The molecule has 0 aliphatic rings. The maximum Gasteiger partial charge on any atom is 0.276 e. The molecule has 0 aliphatic carbocycles. The van der Waals surface area contributed by atoms with Crippen LogP contribution < -0.4 is 15.4 Å². The lowest BCUT2D eigenvalue weighted by Gasteiger charge is -2.12. The lowest BCUT2D eigenvalue weighted by atomic mass is 10.2. The second-order valence-corrected chi connectivity index (χ2v) is 6.55. The zero-order valence-electron chi connectivity index (χ0n) is 15.5. The fraction of sp³-hybridized carbons (Fsp3) is 0.389. The van der Waals surface area contributed by atoms with E-state index in [9.17, 15) is 4.79 Å². The monoisotopic (exact) mass is 377 g/mol. The topological polar surface area (TPSA) is 79.4 Å². The van der Waals surface area contributed by atoms with Crippen LogP contribution in [0.25, 0.3) is 0 Å². The third-order valence-electron chi connectivity index (χ3n) is 3.71. The highest BCUT2D eigenvalue weighted by atomic mass is 35.5. The molecule has 0 aliphatic heterocycles. The van der Waals surface area contributed by atoms with Crippen LogP contribution in [0.1, 0.15) is 22.5 Å². The van der Waals surface area contributed by atoms with E-state index in [2.05, 4.69) is 25.7 Å². The van der Waals surface area contributed by atoms with Crippen LogP contribution in [0.15, 0.2) is 24.3 Å². The maximum atomic E-state index is 12.4. The minimum atomic E-state index is -0.364. The van der Waals surface area contributed by atoms with Crippen molar-refractivity contribution in [2.45, 2.75) is 13.3 Å². The predicted molar refractivity (Wildman–Crippen MR) is 104 cm³/mol. The number of carbonyl (C=O) groups is 1. The smallest absolute Gasteiger partial charge is 0.276 e. The molecule has 0 atom stereocenters. The minimum Gasteiger partial charge on any atom is -0.495 e. The van der Waals surface area contributed by atoms with Gasteiger partial charge in [0.05, 0.1) is 12.8 Å². The summed E-state index contributed by atoms with van der Waals surface area (Å²) in [4.78, 5) is 14.5. The second kappa shape index (κ2) is 9.35. The van der Waals surface area contributed by atoms with E-state index < -0.39 is 0 Å². The van der Waals surface area contributed by atoms with E-state index in [-0.39, 0.29) is 11.6 Å². The van der Waals surface area contributed by atoms with Gasteiger partial charge in [-0.2, -0.15) is 0 Å². The van der Waals surface area contributed by atoms with Crippen LogP contribution in [0.3, 0.4) is 0 Å². The van der Waals surface area contributed by atoms with E-state index in [0.29, 0.717) is 22.3 Å². The van der Waals surface area contributed by atoms with Gasteiger partial charge in [-0.05, 0) is 57.7 Å². The first kappa shape index (κ1) is 19.9. The molecular formula is C18H24ClN5O2. The number of halogens is 1. The molecular weight excluding hydrogens is 354 g/mol. The number of anilines is 2. The van der Waals surface area contributed by atoms with Gasteiger partial charge in [-0.1, -0.05) is 11.6 Å². The minimum absolute atomic E-state index is 0.221. The van der Waals surface area contributed by atoms with Crippen LogP contribution in [-0.4, -0.2) is 55.3 Å². The summed E-state index contributed by atoms with van der Waals surface area (Å²) in [5.41, 5.74) is 1.59. The summed E-state index contributed by atoms with van der Waals surface area (Å²) in [6, 6.07) is 6.79. The normalized spacial score (nSPS) is 10.7. The summed E-state index contributed by atoms with van der Waals surface area (Å²) >= 11 is 6.08. The maximum absolute atomic E-state index is 12.4. The molecule has 1 aromatic heterocycles. The Bertz CT molecular complexity index is 750. The molecule has 1 aromatic carbocycles. The van der Waals surface area contributed by atoms with E-state index in [1.807, 2.05) is 21.0 Å². The van der Waals surface area contributed by atoms with Gasteiger partial charge >= 0.3 is 0 Å². The summed E-state index contributed by atoms with van der Waals surface area (Å²) in [5.74, 6) is 0.762. The Morgan fingerprint density at radius 2 is 2.04 bits per heavy atom. The Labute approximate surface area is 158 Å². The Morgan fingerprint density at radius 1 is 1.27 bits per heavy atom. The Kier molecular flexibility index (Phi) is 7.17. The molecule has 0 radical (unpaired) electrons. The van der Waals surface area contributed by atoms with Crippen molar-refractivity contribution < 1.29 is 9.53 Å². The number of amides is 1. The van der Waals surface area contributed by atoms with Gasteiger partial charge in [0.25, 0.3) is 5.91 Å². The van der Waals surface area contributed by atoms with Crippen LogP contribution in [0, 0.1) is 6.92 Å². The molecule has 0 unspecified atom stereocenters. The number of ether oxygens (including phenoxy) is 1. The van der Waals surface area contributed by atoms with Gasteiger partial charge < -0.3 is 20.3 Å². The number of nitrogens with zero attached hydrogens (tertiary/aromatic N) is 3. The molecule has 0 saturated carbocycles. The summed E-state index contributed by atoms with van der Waals surface area (Å²) < 4.78 is 5.26. The van der Waals surface area contributed by atoms with Gasteiger partial charge in [0.15, 0.2) is 5.69 Å². The quantitative estimate of drug-likeness (QED) is 0.688. The first-order chi connectivity index (χ1) is 12.4. The van der Waals surface area contributed by atoms with Gasteiger partial charge in [-0.25, -0.2) is 0 Å². The van der Waals surface area contributed by atoms with Gasteiger partial charge in [-0.15, -0.1) is 10.2 Å². The standard InChI is InChI=1S/C18H24ClN5O2/c1-12-10-15(16(26-4)11-13(12)19)21-18(25)14-6-7-17(23-22-14)20-8-5-9-24(2)3/h6-7,10-11H,5,8-9H2,1-4H3,(H,20,23)(H,21,25). The fourth-order valence-corrected chi connectivity index (χ4v) is 2.43. The van der Waals surface area contributed by atoms with Crippen LogP contribution in [-0.2, 0) is 0 Å². The third kappa shape index (κ3) is 5.57. The molecule has 2 aromatic rings. The number of aryl methyl sites for hydroxylation is 1. The molecule has 8 heteroatoms. The molecule has 140 valence electrons. The second-order valence-electron chi connectivity index (χ2n) is 6.14. The average molecular weight is 378 g/mol. The van der Waals surface area contributed by atoms with Gasteiger partial charge in [0, 0.05) is 17.6 Å². The summed E-state index contributed by atoms with van der Waals surface area (Å²) in [6.07, 6.45) is 0.993. The number of aromatic nitrogens is 2. The van der Waals surface area contributed by atoms with Crippen molar-refractivity contribution in [3.05, 3.63) is 40.5 Å². The van der Waals surface area contributed by atoms with Gasteiger partial charge in [0.2, 0.25) is 0 Å². The Balaban J connectivity index is 1.99. The molecule has 2 N–H and O–H groups in total. The van der Waals surface area contributed by atoms with E-state index >= 15 is 0 Å². The van der Waals surface area contributed by atoms with Crippen LogP contribution in [0.4, 0.5) is 11.5 Å². The van der Waals surface area contributed by atoms with Crippen molar-refractivity contribution >= 4 is 29.0 Å². The summed E-state index contributed by atoms with van der Waals surface area (Å²) in [7, 11) is 5.59. The van der Waals surface area contributed by atoms with E-state index in [4.69, 9.17) is 16.3 Å². The fourth-order valence-electron chi connectivity index (χ4n) is 2.28. The highest BCUT2D eigenvalue weighted by Gasteiger charge is 2.13. The van der Waals surface area contributed by atoms with Crippen molar-refractivity contribution in [3.8, 4) is 5.75 Å². The number of hydrogen-bond donors (Lipinski definition) is 2. The number of nitrogens with one attached hydrogen (secondary N) is 2. The number of hydrogen-bond acceptors (Lipinski definition) is 6. The van der Waals surface area contributed by atoms with Crippen molar-refractivity contribution in [1.29, 1.82) is 0 Å². The zero-order chi connectivity index (χ0) is 19.1. The number of methoxy groups -OCH3 is 1. The van der Waals surface area contributed by atoms with Crippen LogP contribution >= 0.6 is 11.6 Å². The lowest BCUT2D eigenvalue weighted by Crippen LogP contribution is -2.17. The van der Waals surface area contributed by atoms with E-state index in [1.54, 1.807) is 24.3 Å². The molecule has 1 amide bonds. The Hall–Kier alpha value is -2.38. The van der Waals surface area contributed by atoms with Crippen molar-refractivity contribution in [2.75, 3.05) is 44.9 Å². The zero-order valence-corrected chi connectivity index (χ0v) is 16.2. The van der Waals surface area contributed by atoms with Crippen molar-refractivity contribution in [1.82, 2.24) is 15.1 Å². The first-order valence-electron chi connectivity index (χ1n) is 8.28. The highest BCUT2D eigenvalue weighted by molar-refractivity contribution is 6.31. The van der Waals surface area contributed by atoms with Gasteiger partial charge in [-0.3, -0.25) is 4.79 Å². The molecule has 0 saturated heterocycles. The number of carbonyl (C=O) groups excluding carboxylic acids is 1.